The van der Waals surface area contributed by atoms with E-state index in [1.165, 1.54) is 0 Å². The molecule has 40 heavy (non-hydrogen) atoms. The molecule has 2 bridgehead atoms. The summed E-state index contributed by atoms with van der Waals surface area (Å²) >= 11 is 3.71. The van der Waals surface area contributed by atoms with Crippen molar-refractivity contribution >= 4 is 39.4 Å². The van der Waals surface area contributed by atoms with Crippen molar-refractivity contribution in [2.24, 2.45) is 11.8 Å². The number of hydrogen-bond donors (Lipinski definition) is 1. The molecule has 1 aromatic carbocycles. The van der Waals surface area contributed by atoms with E-state index in [0.717, 1.165) is 29.7 Å². The quantitative estimate of drug-likeness (QED) is 0.145. The van der Waals surface area contributed by atoms with Crippen LogP contribution in [0.5, 0.6) is 0 Å². The molecule has 0 aliphatic carbocycles. The number of nitrogens with zero attached hydrogens (tertiary/aromatic N) is 2. The lowest BCUT2D eigenvalue weighted by Gasteiger charge is -2.37. The van der Waals surface area contributed by atoms with Crippen molar-refractivity contribution in [2.75, 3.05) is 31.2 Å². The van der Waals surface area contributed by atoms with Gasteiger partial charge in [0.15, 0.2) is 0 Å². The average Bonchev–Trinajstić information content (AvgIpc) is 3.51. The lowest BCUT2D eigenvalue weighted by atomic mass is 9.70. The molecule has 3 saturated heterocycles. The van der Waals surface area contributed by atoms with Crippen LogP contribution >= 0.6 is 15.9 Å². The van der Waals surface area contributed by atoms with Crippen molar-refractivity contribution in [2.45, 2.75) is 74.9 Å². The number of carbonyl (C=O) groups is 3. The Hall–Kier alpha value is -2.49. The van der Waals surface area contributed by atoms with E-state index in [9.17, 15) is 14.4 Å². The Balaban J connectivity index is 1.74. The van der Waals surface area contributed by atoms with Crippen LogP contribution in [-0.4, -0.2) is 76.7 Å². The Kier molecular flexibility index (Phi) is 9.90. The maximum absolute atomic E-state index is 14.7. The lowest BCUT2D eigenvalue weighted by molar-refractivity contribution is -0.154. The third-order valence-electron chi connectivity index (χ3n) is 8.46. The second-order valence-electron chi connectivity index (χ2n) is 11.1. The molecule has 8 nitrogen and oxygen atoms in total. The number of unbranched alkanes of at least 4 members (excludes halogenated alkanes) is 3. The molecule has 3 aliphatic heterocycles. The largest absolute Gasteiger partial charge is 0.465 e. The summed E-state index contributed by atoms with van der Waals surface area (Å²) in [6.45, 7) is 12.5. The third-order valence-corrected chi connectivity index (χ3v) is 9.30. The van der Waals surface area contributed by atoms with Gasteiger partial charge in [-0.3, -0.25) is 14.4 Å². The molecule has 0 radical (unpaired) electrons. The molecular weight excluding hydrogens is 576 g/mol. The molecule has 0 aromatic heterocycles. The zero-order chi connectivity index (χ0) is 29.0. The van der Waals surface area contributed by atoms with E-state index in [-0.39, 0.29) is 36.4 Å². The molecule has 3 fully saturated rings. The molecule has 9 heteroatoms. The number of carbonyl (C=O) groups excluding carboxylic acids is 3. The monoisotopic (exact) mass is 616 g/mol. The zero-order valence-corrected chi connectivity index (χ0v) is 25.1. The fourth-order valence-corrected chi connectivity index (χ4v) is 7.75. The minimum atomic E-state index is -1.14. The number of aryl methyl sites for hydroxylation is 2. The molecule has 3 unspecified atom stereocenters. The highest BCUT2D eigenvalue weighted by Gasteiger charge is 2.77. The molecule has 3 heterocycles. The van der Waals surface area contributed by atoms with Crippen LogP contribution in [0.25, 0.3) is 0 Å². The highest BCUT2D eigenvalue weighted by molar-refractivity contribution is 9.09. The van der Waals surface area contributed by atoms with Crippen LogP contribution in [-0.2, 0) is 23.9 Å². The normalized spacial score (nSPS) is 28.4. The van der Waals surface area contributed by atoms with Crippen molar-refractivity contribution in [1.82, 2.24) is 4.90 Å². The fourth-order valence-electron chi connectivity index (χ4n) is 6.80. The Morgan fingerprint density at radius 2 is 1.90 bits per heavy atom. The molecule has 1 aromatic rings. The van der Waals surface area contributed by atoms with Crippen LogP contribution < -0.4 is 4.90 Å². The summed E-state index contributed by atoms with van der Waals surface area (Å²) in [5, 5.41) is 9.17. The van der Waals surface area contributed by atoms with Crippen molar-refractivity contribution in [3.63, 3.8) is 0 Å². The Morgan fingerprint density at radius 1 is 1.20 bits per heavy atom. The number of benzene rings is 1. The van der Waals surface area contributed by atoms with Crippen LogP contribution in [0, 0.1) is 25.7 Å². The third kappa shape index (κ3) is 5.40. The molecule has 1 spiro atoms. The fraction of sp³-hybridized carbons (Fsp3) is 0.581. The maximum Gasteiger partial charge on any atom is 0.312 e. The first-order valence-electron chi connectivity index (χ1n) is 14.2. The Morgan fingerprint density at radius 3 is 2.55 bits per heavy atom. The molecule has 3 aliphatic rings. The van der Waals surface area contributed by atoms with Gasteiger partial charge in [0, 0.05) is 30.2 Å². The number of aliphatic hydroxyl groups is 1. The Bertz CT molecular complexity index is 1120. The number of alkyl halides is 1. The van der Waals surface area contributed by atoms with Crippen LogP contribution in [0.15, 0.2) is 43.5 Å². The molecular formula is C31H41BrN2O6. The van der Waals surface area contributed by atoms with E-state index in [1.54, 1.807) is 22.0 Å². The van der Waals surface area contributed by atoms with E-state index < -0.39 is 35.6 Å². The van der Waals surface area contributed by atoms with Gasteiger partial charge in [-0.15, -0.1) is 13.2 Å². The summed E-state index contributed by atoms with van der Waals surface area (Å²) in [6.07, 6.45) is 6.78. The number of amides is 2. The van der Waals surface area contributed by atoms with Crippen molar-refractivity contribution in [3.8, 4) is 0 Å². The van der Waals surface area contributed by atoms with Crippen molar-refractivity contribution < 1.29 is 29.0 Å². The predicted molar refractivity (Wildman–Crippen MR) is 157 cm³/mol. The van der Waals surface area contributed by atoms with Crippen LogP contribution in [0.2, 0.25) is 0 Å². The van der Waals surface area contributed by atoms with Gasteiger partial charge in [0.1, 0.15) is 11.6 Å². The number of rotatable bonds is 14. The summed E-state index contributed by atoms with van der Waals surface area (Å²) in [5.41, 5.74) is 1.55. The van der Waals surface area contributed by atoms with Crippen LogP contribution in [0.1, 0.15) is 49.7 Å². The first-order valence-corrected chi connectivity index (χ1v) is 15.1. The minimum absolute atomic E-state index is 0.124. The molecule has 0 saturated carbocycles. The minimum Gasteiger partial charge on any atom is -0.465 e. The smallest absolute Gasteiger partial charge is 0.312 e. The zero-order valence-electron chi connectivity index (χ0n) is 23.5. The van der Waals surface area contributed by atoms with Gasteiger partial charge in [-0.25, -0.2) is 0 Å². The number of aliphatic hydroxyl groups excluding tert-OH is 1. The van der Waals surface area contributed by atoms with Gasteiger partial charge in [0.2, 0.25) is 5.91 Å². The average molecular weight is 618 g/mol. The van der Waals surface area contributed by atoms with Crippen LogP contribution in [0.4, 0.5) is 5.69 Å². The van der Waals surface area contributed by atoms with Gasteiger partial charge in [-0.1, -0.05) is 59.1 Å². The second-order valence-corrected chi connectivity index (χ2v) is 12.2. The Labute approximate surface area is 245 Å². The molecule has 1 N–H and O–H groups in total. The van der Waals surface area contributed by atoms with E-state index in [2.05, 4.69) is 29.1 Å². The molecule has 6 atom stereocenters. The number of halogens is 1. The first-order chi connectivity index (χ1) is 19.2. The number of anilines is 1. The molecule has 218 valence electrons. The lowest BCUT2D eigenvalue weighted by Crippen LogP contribution is -2.57. The van der Waals surface area contributed by atoms with E-state index >= 15 is 0 Å². The molecule has 2 amide bonds. The highest BCUT2D eigenvalue weighted by Crippen LogP contribution is 2.60. The van der Waals surface area contributed by atoms with Gasteiger partial charge in [0.25, 0.3) is 5.91 Å². The second kappa shape index (κ2) is 13.0. The van der Waals surface area contributed by atoms with Gasteiger partial charge in [-0.05, 0) is 50.7 Å². The van der Waals surface area contributed by atoms with E-state index in [4.69, 9.17) is 14.6 Å². The molecule has 4 rings (SSSR count). The number of fused-ring (bicyclic) bond motifs is 1. The van der Waals surface area contributed by atoms with Gasteiger partial charge in [0.05, 0.1) is 24.5 Å². The van der Waals surface area contributed by atoms with E-state index in [0.29, 0.717) is 32.2 Å². The SMILES string of the molecule is C=CCCOC(=O)[C@H]1[C@@H]2OC3(CC2Br)C(C(=O)N(CC=C)c2c(C)cccc2C)N(CCCCCCO)C(=O)[C@H]13. The van der Waals surface area contributed by atoms with Gasteiger partial charge >= 0.3 is 5.97 Å². The van der Waals surface area contributed by atoms with Crippen molar-refractivity contribution in [1.29, 1.82) is 0 Å². The summed E-state index contributed by atoms with van der Waals surface area (Å²) in [6, 6.07) is 4.99. The topological polar surface area (TPSA) is 96.4 Å². The standard InChI is InChI=1S/C31H41BrN2O6/c1-5-7-18-39-30(38)23-24-28(36)34(16-10-8-9-11-17-35)27(31(24)19-22(32)26(23)40-31)29(37)33(15-6-2)25-20(3)13-12-14-21(25)4/h5-6,12-14,22-24,26-27,35H,1-2,7-11,15-19H2,3-4H3/t22?,23-,24+,26-,27?,31?/m1/s1. The van der Waals surface area contributed by atoms with E-state index in [1.807, 2.05) is 32.0 Å². The summed E-state index contributed by atoms with van der Waals surface area (Å²) in [4.78, 5) is 45.4. The van der Waals surface area contributed by atoms with Gasteiger partial charge < -0.3 is 24.4 Å². The predicted octanol–water partition coefficient (Wildman–Crippen LogP) is 4.24. The number of hydrogen-bond acceptors (Lipinski definition) is 6. The van der Waals surface area contributed by atoms with Gasteiger partial charge in [-0.2, -0.15) is 0 Å². The number of likely N-dealkylation sites (tertiary alicyclic amines) is 1. The first kappa shape index (κ1) is 30.5. The number of esters is 1. The number of ether oxygens (including phenoxy) is 2. The van der Waals surface area contributed by atoms with Crippen LogP contribution in [0.3, 0.4) is 0 Å². The summed E-state index contributed by atoms with van der Waals surface area (Å²) in [5.74, 6) is -2.52. The summed E-state index contributed by atoms with van der Waals surface area (Å²) < 4.78 is 12.2. The highest BCUT2D eigenvalue weighted by atomic mass is 79.9. The van der Waals surface area contributed by atoms with Crippen molar-refractivity contribution in [3.05, 3.63) is 54.6 Å². The number of para-hydroxylation sites is 1. The maximum atomic E-state index is 14.7. The summed E-state index contributed by atoms with van der Waals surface area (Å²) in [7, 11) is 0.